The van der Waals surface area contributed by atoms with Crippen LogP contribution in [-0.2, 0) is 0 Å². The van der Waals surface area contributed by atoms with Crippen molar-refractivity contribution < 1.29 is 5.11 Å². The third kappa shape index (κ3) is 4.39. The van der Waals surface area contributed by atoms with E-state index < -0.39 is 0 Å². The molecule has 0 unspecified atom stereocenters. The van der Waals surface area contributed by atoms with E-state index in [-0.39, 0.29) is 6.04 Å². The molecule has 0 amide bonds. The molecule has 1 saturated heterocycles. The van der Waals surface area contributed by atoms with Crippen molar-refractivity contribution in [3.05, 3.63) is 59.9 Å². The Labute approximate surface area is 150 Å². The Morgan fingerprint density at radius 1 is 1.16 bits per heavy atom. The molecule has 2 N–H and O–H groups in total. The lowest BCUT2D eigenvalue weighted by atomic mass is 9.97. The fourth-order valence-corrected chi connectivity index (χ4v) is 3.80. The van der Waals surface area contributed by atoms with E-state index in [0.717, 1.165) is 37.9 Å². The number of hydrogen-bond acceptors (Lipinski definition) is 4. The van der Waals surface area contributed by atoms with Crippen LogP contribution >= 0.6 is 0 Å². The molecular weight excluding hydrogens is 310 g/mol. The maximum Gasteiger partial charge on any atom is 0.120 e. The number of aromatic nitrogens is 1. The first-order valence-electron chi connectivity index (χ1n) is 9.37. The minimum atomic E-state index is 0.218. The van der Waals surface area contributed by atoms with Gasteiger partial charge in [-0.25, -0.2) is 0 Å². The Bertz CT molecular complexity index is 653. The zero-order valence-corrected chi connectivity index (χ0v) is 15.2. The highest BCUT2D eigenvalue weighted by Crippen LogP contribution is 2.29. The molecule has 3 rings (SSSR count). The number of pyridine rings is 1. The van der Waals surface area contributed by atoms with Gasteiger partial charge in [-0.2, -0.15) is 0 Å². The zero-order valence-electron chi connectivity index (χ0n) is 15.2. The van der Waals surface area contributed by atoms with Gasteiger partial charge < -0.3 is 10.4 Å². The minimum Gasteiger partial charge on any atom is -0.508 e. The van der Waals surface area contributed by atoms with E-state index in [2.05, 4.69) is 41.2 Å². The molecule has 0 spiro atoms. The van der Waals surface area contributed by atoms with Gasteiger partial charge >= 0.3 is 0 Å². The first-order valence-corrected chi connectivity index (χ1v) is 9.37. The second-order valence-corrected chi connectivity index (χ2v) is 6.95. The highest BCUT2D eigenvalue weighted by molar-refractivity contribution is 5.34. The lowest BCUT2D eigenvalue weighted by Gasteiger charge is -2.38. The van der Waals surface area contributed by atoms with Crippen LogP contribution in [0.3, 0.4) is 0 Å². The van der Waals surface area contributed by atoms with Crippen molar-refractivity contribution >= 4 is 0 Å². The SMILES string of the molecule is CC[C@H](NC1CCN([C@H](C)c2ccncc2)CC1)c1ccccc1O. The summed E-state index contributed by atoms with van der Waals surface area (Å²) < 4.78 is 0. The van der Waals surface area contributed by atoms with E-state index in [4.69, 9.17) is 0 Å². The van der Waals surface area contributed by atoms with Gasteiger partial charge in [0.05, 0.1) is 0 Å². The van der Waals surface area contributed by atoms with Crippen molar-refractivity contribution in [2.45, 2.75) is 51.2 Å². The molecule has 0 bridgehead atoms. The number of piperidine rings is 1. The van der Waals surface area contributed by atoms with Crippen LogP contribution in [0.25, 0.3) is 0 Å². The van der Waals surface area contributed by atoms with Crippen LogP contribution in [0.4, 0.5) is 0 Å². The quantitative estimate of drug-likeness (QED) is 0.833. The number of benzene rings is 1. The molecule has 25 heavy (non-hydrogen) atoms. The zero-order chi connectivity index (χ0) is 17.6. The maximum absolute atomic E-state index is 10.1. The smallest absolute Gasteiger partial charge is 0.120 e. The number of likely N-dealkylation sites (tertiary alicyclic amines) is 1. The van der Waals surface area contributed by atoms with Gasteiger partial charge in [0.15, 0.2) is 0 Å². The predicted molar refractivity (Wildman–Crippen MR) is 102 cm³/mol. The lowest BCUT2D eigenvalue weighted by molar-refractivity contribution is 0.147. The van der Waals surface area contributed by atoms with E-state index in [1.165, 1.54) is 5.56 Å². The van der Waals surface area contributed by atoms with Gasteiger partial charge in [-0.05, 0) is 49.9 Å². The molecule has 0 radical (unpaired) electrons. The topological polar surface area (TPSA) is 48.4 Å². The Kier molecular flexibility index (Phi) is 6.05. The molecule has 0 aliphatic carbocycles. The van der Waals surface area contributed by atoms with Gasteiger partial charge in [0.1, 0.15) is 5.75 Å². The lowest BCUT2D eigenvalue weighted by Crippen LogP contribution is -2.44. The predicted octanol–water partition coefficient (Wildman–Crippen LogP) is 4.05. The number of rotatable bonds is 6. The van der Waals surface area contributed by atoms with Crippen LogP contribution in [0.2, 0.25) is 0 Å². The highest BCUT2D eigenvalue weighted by atomic mass is 16.3. The van der Waals surface area contributed by atoms with Crippen LogP contribution in [0.5, 0.6) is 5.75 Å². The van der Waals surface area contributed by atoms with E-state index in [9.17, 15) is 5.11 Å². The monoisotopic (exact) mass is 339 g/mol. The van der Waals surface area contributed by atoms with Gasteiger partial charge in [0.2, 0.25) is 0 Å². The fourth-order valence-electron chi connectivity index (χ4n) is 3.80. The third-order valence-corrected chi connectivity index (χ3v) is 5.42. The van der Waals surface area contributed by atoms with Crippen LogP contribution in [0.1, 0.15) is 56.3 Å². The summed E-state index contributed by atoms with van der Waals surface area (Å²) in [6.07, 6.45) is 7.00. The van der Waals surface area contributed by atoms with Crippen LogP contribution in [-0.4, -0.2) is 34.1 Å². The molecule has 2 aromatic rings. The standard InChI is InChI=1S/C21H29N3O/c1-3-20(19-6-4-5-7-21(19)25)23-18-10-14-24(15-11-18)16(2)17-8-12-22-13-9-17/h4-9,12-13,16,18,20,23,25H,3,10-11,14-15H2,1-2H3/t16-,20+/m1/s1. The number of phenols is 1. The molecule has 2 atom stereocenters. The summed E-state index contributed by atoms with van der Waals surface area (Å²) in [6.45, 7) is 6.64. The Balaban J connectivity index is 1.56. The second kappa shape index (κ2) is 8.45. The van der Waals surface area contributed by atoms with Gasteiger partial charge in [-0.1, -0.05) is 25.1 Å². The first-order chi connectivity index (χ1) is 12.2. The summed E-state index contributed by atoms with van der Waals surface area (Å²) in [5.74, 6) is 0.394. The molecule has 1 aromatic heterocycles. The van der Waals surface area contributed by atoms with E-state index >= 15 is 0 Å². The van der Waals surface area contributed by atoms with E-state index in [1.54, 1.807) is 6.07 Å². The molecule has 134 valence electrons. The van der Waals surface area contributed by atoms with E-state index in [0.29, 0.717) is 17.8 Å². The molecule has 4 heteroatoms. The van der Waals surface area contributed by atoms with Crippen molar-refractivity contribution in [3.8, 4) is 5.75 Å². The number of aromatic hydroxyl groups is 1. The van der Waals surface area contributed by atoms with Gasteiger partial charge in [0.25, 0.3) is 0 Å². The molecule has 1 aliphatic heterocycles. The number of nitrogens with zero attached hydrogens (tertiary/aromatic N) is 2. The summed E-state index contributed by atoms with van der Waals surface area (Å²) in [5.41, 5.74) is 2.35. The Morgan fingerprint density at radius 2 is 1.84 bits per heavy atom. The fraction of sp³-hybridized carbons (Fsp3) is 0.476. The number of phenolic OH excluding ortho intramolecular Hbond substituents is 1. The minimum absolute atomic E-state index is 0.218. The van der Waals surface area contributed by atoms with Crippen molar-refractivity contribution in [1.29, 1.82) is 0 Å². The average Bonchev–Trinajstić information content (AvgIpc) is 2.67. The number of nitrogens with one attached hydrogen (secondary N) is 1. The van der Waals surface area contributed by atoms with Crippen molar-refractivity contribution in [2.75, 3.05) is 13.1 Å². The van der Waals surface area contributed by atoms with E-state index in [1.807, 2.05) is 30.6 Å². The molecule has 4 nitrogen and oxygen atoms in total. The summed E-state index contributed by atoms with van der Waals surface area (Å²) in [5, 5.41) is 13.9. The van der Waals surface area contributed by atoms with Crippen LogP contribution in [0, 0.1) is 0 Å². The molecule has 1 fully saturated rings. The summed E-state index contributed by atoms with van der Waals surface area (Å²) >= 11 is 0. The Hall–Kier alpha value is -1.91. The van der Waals surface area contributed by atoms with Crippen molar-refractivity contribution in [3.63, 3.8) is 0 Å². The molecule has 2 heterocycles. The normalized spacial score (nSPS) is 18.8. The van der Waals surface area contributed by atoms with Gasteiger partial charge in [-0.3, -0.25) is 9.88 Å². The summed E-state index contributed by atoms with van der Waals surface area (Å²) in [7, 11) is 0. The molecular formula is C21H29N3O. The van der Waals surface area contributed by atoms with Crippen molar-refractivity contribution in [2.24, 2.45) is 0 Å². The summed E-state index contributed by atoms with van der Waals surface area (Å²) in [4.78, 5) is 6.66. The van der Waals surface area contributed by atoms with Crippen LogP contribution in [0.15, 0.2) is 48.8 Å². The van der Waals surface area contributed by atoms with Gasteiger partial charge in [-0.15, -0.1) is 0 Å². The average molecular weight is 339 g/mol. The van der Waals surface area contributed by atoms with Crippen molar-refractivity contribution in [1.82, 2.24) is 15.2 Å². The third-order valence-electron chi connectivity index (χ3n) is 5.42. The van der Waals surface area contributed by atoms with Gasteiger partial charge in [0, 0.05) is 49.2 Å². The number of para-hydroxylation sites is 1. The largest absolute Gasteiger partial charge is 0.508 e. The maximum atomic E-state index is 10.1. The summed E-state index contributed by atoms with van der Waals surface area (Å²) in [6, 6.07) is 13.1. The Morgan fingerprint density at radius 3 is 2.48 bits per heavy atom. The second-order valence-electron chi connectivity index (χ2n) is 6.95. The molecule has 1 aliphatic rings. The van der Waals surface area contributed by atoms with Crippen LogP contribution < -0.4 is 5.32 Å². The molecule has 0 saturated carbocycles. The molecule has 1 aromatic carbocycles. The number of hydrogen-bond donors (Lipinski definition) is 2. The highest BCUT2D eigenvalue weighted by Gasteiger charge is 2.25. The first kappa shape index (κ1) is 17.9.